The largest absolute Gasteiger partial charge is 0.337 e. The predicted octanol–water partition coefficient (Wildman–Crippen LogP) is 2.50. The van der Waals surface area contributed by atoms with Gasteiger partial charge < -0.3 is 4.90 Å². The van der Waals surface area contributed by atoms with E-state index < -0.39 is 0 Å². The van der Waals surface area contributed by atoms with E-state index >= 15 is 0 Å². The van der Waals surface area contributed by atoms with Crippen LogP contribution in [-0.4, -0.2) is 33.9 Å². The lowest BCUT2D eigenvalue weighted by atomic mass is 9.99. The summed E-state index contributed by atoms with van der Waals surface area (Å²) < 4.78 is 0. The third kappa shape index (κ3) is 2.43. The van der Waals surface area contributed by atoms with Gasteiger partial charge in [0, 0.05) is 13.1 Å². The van der Waals surface area contributed by atoms with Gasteiger partial charge in [0.2, 0.25) is 0 Å². The number of rotatable bonds is 1. The predicted molar refractivity (Wildman–Crippen MR) is 73.8 cm³/mol. The number of para-hydroxylation sites is 2. The van der Waals surface area contributed by atoms with Crippen molar-refractivity contribution in [1.29, 1.82) is 0 Å². The highest BCUT2D eigenvalue weighted by Gasteiger charge is 2.22. The number of hydrogen-bond acceptors (Lipinski definition) is 3. The molecule has 2 heterocycles. The molecule has 4 nitrogen and oxygen atoms in total. The molecular weight excluding hydrogens is 238 g/mol. The first kappa shape index (κ1) is 12.1. The molecule has 19 heavy (non-hydrogen) atoms. The van der Waals surface area contributed by atoms with Gasteiger partial charge in [-0.15, -0.1) is 0 Å². The van der Waals surface area contributed by atoms with Gasteiger partial charge in [-0.2, -0.15) is 0 Å². The molecule has 2 aromatic rings. The topological polar surface area (TPSA) is 46.1 Å². The Morgan fingerprint density at radius 3 is 2.63 bits per heavy atom. The van der Waals surface area contributed by atoms with Crippen LogP contribution < -0.4 is 0 Å². The van der Waals surface area contributed by atoms with Crippen LogP contribution in [0.15, 0.2) is 30.5 Å². The quantitative estimate of drug-likeness (QED) is 0.786. The second-order valence-electron chi connectivity index (χ2n) is 5.22. The maximum Gasteiger partial charge on any atom is 0.274 e. The number of carbonyl (C=O) groups excluding carboxylic acids is 1. The Balaban J connectivity index is 1.85. The van der Waals surface area contributed by atoms with Gasteiger partial charge in [-0.05, 0) is 30.9 Å². The van der Waals surface area contributed by atoms with Crippen LogP contribution in [0, 0.1) is 5.92 Å². The Morgan fingerprint density at radius 1 is 1.21 bits per heavy atom. The Labute approximate surface area is 112 Å². The minimum Gasteiger partial charge on any atom is -0.337 e. The van der Waals surface area contributed by atoms with E-state index in [0.29, 0.717) is 11.6 Å². The van der Waals surface area contributed by atoms with Crippen molar-refractivity contribution in [1.82, 2.24) is 14.9 Å². The van der Waals surface area contributed by atoms with Crippen molar-refractivity contribution < 1.29 is 4.79 Å². The SMILES string of the molecule is CC1CCN(C(=O)c2cnc3ccccc3n2)CC1. The minimum atomic E-state index is 0.00477. The van der Waals surface area contributed by atoms with Crippen LogP contribution in [0.3, 0.4) is 0 Å². The van der Waals surface area contributed by atoms with Crippen molar-refractivity contribution in [3.05, 3.63) is 36.2 Å². The zero-order chi connectivity index (χ0) is 13.2. The number of nitrogens with zero attached hydrogens (tertiary/aromatic N) is 3. The number of likely N-dealkylation sites (tertiary alicyclic amines) is 1. The molecule has 1 saturated heterocycles. The van der Waals surface area contributed by atoms with E-state index in [2.05, 4.69) is 16.9 Å². The lowest BCUT2D eigenvalue weighted by molar-refractivity contribution is 0.0691. The average Bonchev–Trinajstić information content (AvgIpc) is 2.47. The Hall–Kier alpha value is -1.97. The molecule has 3 rings (SSSR count). The first-order valence-electron chi connectivity index (χ1n) is 6.75. The molecule has 0 radical (unpaired) electrons. The number of piperidine rings is 1. The molecule has 0 spiro atoms. The molecule has 0 N–H and O–H groups in total. The molecule has 0 saturated carbocycles. The summed E-state index contributed by atoms with van der Waals surface area (Å²) in [6, 6.07) is 7.62. The molecule has 1 aliphatic rings. The van der Waals surface area contributed by atoms with Crippen LogP contribution in [0.25, 0.3) is 11.0 Å². The van der Waals surface area contributed by atoms with E-state index in [1.165, 1.54) is 0 Å². The van der Waals surface area contributed by atoms with Gasteiger partial charge in [0.1, 0.15) is 5.69 Å². The molecule has 0 aliphatic carbocycles. The van der Waals surface area contributed by atoms with Crippen molar-refractivity contribution >= 4 is 16.9 Å². The molecule has 0 bridgehead atoms. The first-order chi connectivity index (χ1) is 9.24. The van der Waals surface area contributed by atoms with Crippen molar-refractivity contribution in [3.8, 4) is 0 Å². The monoisotopic (exact) mass is 255 g/mol. The van der Waals surface area contributed by atoms with Crippen molar-refractivity contribution in [2.45, 2.75) is 19.8 Å². The van der Waals surface area contributed by atoms with Crippen LogP contribution in [0.2, 0.25) is 0 Å². The standard InChI is InChI=1S/C15H17N3O/c1-11-6-8-18(9-7-11)15(19)14-10-16-12-4-2-3-5-13(12)17-14/h2-5,10-11H,6-9H2,1H3. The van der Waals surface area contributed by atoms with E-state index in [1.54, 1.807) is 6.20 Å². The first-order valence-corrected chi connectivity index (χ1v) is 6.75. The molecular formula is C15H17N3O. The normalized spacial score (nSPS) is 16.8. The highest BCUT2D eigenvalue weighted by Crippen LogP contribution is 2.18. The van der Waals surface area contributed by atoms with Crippen LogP contribution in [-0.2, 0) is 0 Å². The second kappa shape index (κ2) is 4.96. The van der Waals surface area contributed by atoms with Crippen molar-refractivity contribution in [3.63, 3.8) is 0 Å². The maximum absolute atomic E-state index is 12.4. The summed E-state index contributed by atoms with van der Waals surface area (Å²) >= 11 is 0. The Morgan fingerprint density at radius 2 is 1.89 bits per heavy atom. The van der Waals surface area contributed by atoms with Crippen molar-refractivity contribution in [2.75, 3.05) is 13.1 Å². The summed E-state index contributed by atoms with van der Waals surface area (Å²) in [5, 5.41) is 0. The van der Waals surface area contributed by atoms with Crippen LogP contribution in [0.4, 0.5) is 0 Å². The molecule has 1 aromatic carbocycles. The van der Waals surface area contributed by atoms with E-state index in [-0.39, 0.29) is 5.91 Å². The van der Waals surface area contributed by atoms with E-state index in [0.717, 1.165) is 37.0 Å². The van der Waals surface area contributed by atoms with Gasteiger partial charge in [-0.1, -0.05) is 19.1 Å². The van der Waals surface area contributed by atoms with Gasteiger partial charge in [-0.3, -0.25) is 9.78 Å². The van der Waals surface area contributed by atoms with Crippen LogP contribution in [0.1, 0.15) is 30.3 Å². The highest BCUT2D eigenvalue weighted by molar-refractivity contribution is 5.93. The van der Waals surface area contributed by atoms with Crippen LogP contribution >= 0.6 is 0 Å². The third-order valence-electron chi connectivity index (χ3n) is 3.74. The number of hydrogen-bond donors (Lipinski definition) is 0. The minimum absolute atomic E-state index is 0.00477. The fourth-order valence-corrected chi connectivity index (χ4v) is 2.43. The van der Waals surface area contributed by atoms with Gasteiger partial charge in [0.05, 0.1) is 17.2 Å². The molecule has 4 heteroatoms. The zero-order valence-corrected chi connectivity index (χ0v) is 11.0. The lowest BCUT2D eigenvalue weighted by Crippen LogP contribution is -2.38. The molecule has 0 atom stereocenters. The summed E-state index contributed by atoms with van der Waals surface area (Å²) in [5.41, 5.74) is 2.05. The zero-order valence-electron chi connectivity index (χ0n) is 11.0. The van der Waals surface area contributed by atoms with E-state index in [4.69, 9.17) is 0 Å². The average molecular weight is 255 g/mol. The Bertz CT molecular complexity index is 603. The summed E-state index contributed by atoms with van der Waals surface area (Å²) in [6.45, 7) is 3.89. The summed E-state index contributed by atoms with van der Waals surface area (Å²) in [6.07, 6.45) is 3.74. The van der Waals surface area contributed by atoms with Gasteiger partial charge >= 0.3 is 0 Å². The number of carbonyl (C=O) groups is 1. The highest BCUT2D eigenvalue weighted by atomic mass is 16.2. The van der Waals surface area contributed by atoms with Crippen LogP contribution in [0.5, 0.6) is 0 Å². The molecule has 1 aromatic heterocycles. The fraction of sp³-hybridized carbons (Fsp3) is 0.400. The molecule has 1 amide bonds. The van der Waals surface area contributed by atoms with E-state index in [9.17, 15) is 4.79 Å². The second-order valence-corrected chi connectivity index (χ2v) is 5.22. The summed E-state index contributed by atoms with van der Waals surface area (Å²) in [5.74, 6) is 0.719. The number of aromatic nitrogens is 2. The summed E-state index contributed by atoms with van der Waals surface area (Å²) in [4.78, 5) is 23.0. The van der Waals surface area contributed by atoms with Gasteiger partial charge in [0.15, 0.2) is 0 Å². The Kier molecular flexibility index (Phi) is 3.15. The third-order valence-corrected chi connectivity index (χ3v) is 3.74. The van der Waals surface area contributed by atoms with Gasteiger partial charge in [-0.25, -0.2) is 4.98 Å². The van der Waals surface area contributed by atoms with Crippen molar-refractivity contribution in [2.24, 2.45) is 5.92 Å². The number of fused-ring (bicyclic) bond motifs is 1. The maximum atomic E-state index is 12.4. The number of benzene rings is 1. The van der Waals surface area contributed by atoms with E-state index in [1.807, 2.05) is 29.2 Å². The molecule has 0 unspecified atom stereocenters. The van der Waals surface area contributed by atoms with Gasteiger partial charge in [0.25, 0.3) is 5.91 Å². The molecule has 1 fully saturated rings. The molecule has 1 aliphatic heterocycles. The number of amides is 1. The summed E-state index contributed by atoms with van der Waals surface area (Å²) in [7, 11) is 0. The lowest BCUT2D eigenvalue weighted by Gasteiger charge is -2.29. The smallest absolute Gasteiger partial charge is 0.274 e. The molecule has 98 valence electrons. The fourth-order valence-electron chi connectivity index (χ4n) is 2.43.